The molecule has 0 N–H and O–H groups in total. The van der Waals surface area contributed by atoms with Gasteiger partial charge in [0.2, 0.25) is 5.91 Å². The van der Waals surface area contributed by atoms with Crippen molar-refractivity contribution in [1.29, 1.82) is 0 Å². The van der Waals surface area contributed by atoms with Gasteiger partial charge >= 0.3 is 0 Å². The molecule has 4 heteroatoms. The van der Waals surface area contributed by atoms with Gasteiger partial charge in [0.15, 0.2) is 0 Å². The minimum Gasteiger partial charge on any atom is -0.342 e. The number of rotatable bonds is 2. The molecule has 0 atom stereocenters. The van der Waals surface area contributed by atoms with E-state index in [0.29, 0.717) is 16.5 Å². The molecule has 1 amide bonds. The molecule has 0 bridgehead atoms. The Hall–Kier alpha value is -0.730. The molecule has 1 saturated heterocycles. The van der Waals surface area contributed by atoms with E-state index in [1.54, 1.807) is 18.2 Å². The smallest absolute Gasteiger partial charge is 0.227 e. The number of amides is 1. The zero-order valence-electron chi connectivity index (χ0n) is 10.3. The van der Waals surface area contributed by atoms with Crippen molar-refractivity contribution in [2.75, 3.05) is 13.1 Å². The van der Waals surface area contributed by atoms with E-state index in [9.17, 15) is 4.79 Å². The molecule has 0 radical (unpaired) electrons. The number of benzene rings is 1. The van der Waals surface area contributed by atoms with Crippen molar-refractivity contribution in [1.82, 2.24) is 4.90 Å². The Morgan fingerprint density at radius 1 is 1.06 bits per heavy atom. The summed E-state index contributed by atoms with van der Waals surface area (Å²) in [6.07, 6.45) is 4.94. The number of nitrogens with zero attached hydrogens (tertiary/aromatic N) is 1. The first-order chi connectivity index (χ1) is 8.68. The lowest BCUT2D eigenvalue weighted by molar-refractivity contribution is -0.130. The van der Waals surface area contributed by atoms with E-state index in [1.807, 2.05) is 4.90 Å². The van der Waals surface area contributed by atoms with Gasteiger partial charge < -0.3 is 4.90 Å². The highest BCUT2D eigenvalue weighted by Gasteiger charge is 2.18. The van der Waals surface area contributed by atoms with E-state index in [1.165, 1.54) is 12.8 Å². The SMILES string of the molecule is O=C(Cc1c(Cl)cccc1Cl)N1CCCCCC1. The van der Waals surface area contributed by atoms with E-state index in [-0.39, 0.29) is 5.91 Å². The summed E-state index contributed by atoms with van der Waals surface area (Å²) in [7, 11) is 0. The Kier molecular flexibility index (Phi) is 4.90. The van der Waals surface area contributed by atoms with Gasteiger partial charge in [-0.3, -0.25) is 4.79 Å². The third-order valence-corrected chi connectivity index (χ3v) is 4.06. The van der Waals surface area contributed by atoms with Crippen LogP contribution in [0.15, 0.2) is 18.2 Å². The highest BCUT2D eigenvalue weighted by molar-refractivity contribution is 6.36. The first-order valence-electron chi connectivity index (χ1n) is 6.39. The van der Waals surface area contributed by atoms with Crippen molar-refractivity contribution < 1.29 is 4.79 Å². The van der Waals surface area contributed by atoms with E-state index in [0.717, 1.165) is 31.5 Å². The van der Waals surface area contributed by atoms with Gasteiger partial charge in [-0.15, -0.1) is 0 Å². The van der Waals surface area contributed by atoms with E-state index in [2.05, 4.69) is 0 Å². The average molecular weight is 286 g/mol. The largest absolute Gasteiger partial charge is 0.342 e. The normalized spacial score (nSPS) is 16.4. The van der Waals surface area contributed by atoms with Gasteiger partial charge in [-0.25, -0.2) is 0 Å². The van der Waals surface area contributed by atoms with E-state index < -0.39 is 0 Å². The molecule has 1 aromatic carbocycles. The fourth-order valence-corrected chi connectivity index (χ4v) is 2.82. The molecule has 1 aromatic rings. The Bertz CT molecular complexity index is 406. The molecule has 98 valence electrons. The number of likely N-dealkylation sites (tertiary alicyclic amines) is 1. The number of halogens is 2. The zero-order chi connectivity index (χ0) is 13.0. The van der Waals surface area contributed by atoms with Crippen LogP contribution >= 0.6 is 23.2 Å². The van der Waals surface area contributed by atoms with Crippen molar-refractivity contribution in [3.8, 4) is 0 Å². The maximum absolute atomic E-state index is 12.2. The molecular weight excluding hydrogens is 269 g/mol. The van der Waals surface area contributed by atoms with Crippen LogP contribution in [-0.2, 0) is 11.2 Å². The zero-order valence-corrected chi connectivity index (χ0v) is 11.8. The van der Waals surface area contributed by atoms with Crippen LogP contribution in [-0.4, -0.2) is 23.9 Å². The highest BCUT2D eigenvalue weighted by Crippen LogP contribution is 2.25. The van der Waals surface area contributed by atoms with Crippen LogP contribution < -0.4 is 0 Å². The highest BCUT2D eigenvalue weighted by atomic mass is 35.5. The maximum atomic E-state index is 12.2. The van der Waals surface area contributed by atoms with Gasteiger partial charge in [0.05, 0.1) is 6.42 Å². The maximum Gasteiger partial charge on any atom is 0.227 e. The predicted molar refractivity (Wildman–Crippen MR) is 75.2 cm³/mol. The quantitative estimate of drug-likeness (QED) is 0.806. The minimum absolute atomic E-state index is 0.131. The lowest BCUT2D eigenvalue weighted by Gasteiger charge is -2.20. The molecule has 2 nitrogen and oxygen atoms in total. The molecule has 0 saturated carbocycles. The molecule has 0 aromatic heterocycles. The van der Waals surface area contributed by atoms with Gasteiger partial charge in [0.1, 0.15) is 0 Å². The predicted octanol–water partition coefficient (Wildman–Crippen LogP) is 3.94. The fraction of sp³-hybridized carbons (Fsp3) is 0.500. The fourth-order valence-electron chi connectivity index (χ4n) is 2.28. The molecule has 0 spiro atoms. The van der Waals surface area contributed by atoms with Crippen LogP contribution in [0.5, 0.6) is 0 Å². The molecular formula is C14H17Cl2NO. The third-order valence-electron chi connectivity index (χ3n) is 3.35. The molecule has 1 fully saturated rings. The summed E-state index contributed by atoms with van der Waals surface area (Å²) < 4.78 is 0. The Morgan fingerprint density at radius 3 is 2.17 bits per heavy atom. The molecule has 0 aliphatic carbocycles. The van der Waals surface area contributed by atoms with E-state index >= 15 is 0 Å². The van der Waals surface area contributed by atoms with Crippen molar-refractivity contribution in [2.45, 2.75) is 32.1 Å². The molecule has 18 heavy (non-hydrogen) atoms. The monoisotopic (exact) mass is 285 g/mol. The van der Waals surface area contributed by atoms with Crippen LogP contribution in [0.1, 0.15) is 31.2 Å². The number of carbonyl (C=O) groups excluding carboxylic acids is 1. The minimum atomic E-state index is 0.131. The van der Waals surface area contributed by atoms with Gasteiger partial charge in [-0.1, -0.05) is 42.1 Å². The first-order valence-corrected chi connectivity index (χ1v) is 7.15. The number of carbonyl (C=O) groups is 1. The second kappa shape index (κ2) is 6.44. The second-order valence-corrected chi connectivity index (χ2v) is 5.49. The summed E-state index contributed by atoms with van der Waals surface area (Å²) in [6, 6.07) is 5.35. The number of hydrogen-bond donors (Lipinski definition) is 0. The van der Waals surface area contributed by atoms with Gasteiger partial charge in [-0.2, -0.15) is 0 Å². The Labute approximate surface area is 118 Å². The summed E-state index contributed by atoms with van der Waals surface area (Å²) in [6.45, 7) is 1.72. The summed E-state index contributed by atoms with van der Waals surface area (Å²) in [5, 5.41) is 1.15. The van der Waals surface area contributed by atoms with Crippen molar-refractivity contribution >= 4 is 29.1 Å². The standard InChI is InChI=1S/C14H17Cl2NO/c15-12-6-5-7-13(16)11(12)10-14(18)17-8-3-1-2-4-9-17/h5-7H,1-4,8-10H2. The van der Waals surface area contributed by atoms with Crippen LogP contribution in [0.2, 0.25) is 10.0 Å². The van der Waals surface area contributed by atoms with Crippen LogP contribution in [0.25, 0.3) is 0 Å². The molecule has 0 unspecified atom stereocenters. The lowest BCUT2D eigenvalue weighted by atomic mass is 10.1. The Morgan fingerprint density at radius 2 is 1.61 bits per heavy atom. The summed E-state index contributed by atoms with van der Waals surface area (Å²) in [4.78, 5) is 14.2. The van der Waals surface area contributed by atoms with Crippen molar-refractivity contribution in [3.05, 3.63) is 33.8 Å². The molecule has 2 rings (SSSR count). The van der Waals surface area contributed by atoms with Crippen molar-refractivity contribution in [3.63, 3.8) is 0 Å². The molecule has 1 heterocycles. The molecule has 1 aliphatic rings. The summed E-state index contributed by atoms with van der Waals surface area (Å²) in [5.74, 6) is 0.131. The second-order valence-electron chi connectivity index (χ2n) is 4.67. The topological polar surface area (TPSA) is 20.3 Å². The first kappa shape index (κ1) is 13.7. The number of hydrogen-bond acceptors (Lipinski definition) is 1. The lowest BCUT2D eigenvalue weighted by Crippen LogP contribution is -2.33. The van der Waals surface area contributed by atoms with E-state index in [4.69, 9.17) is 23.2 Å². The Balaban J connectivity index is 2.06. The van der Waals surface area contributed by atoms with Crippen molar-refractivity contribution in [2.24, 2.45) is 0 Å². The third kappa shape index (κ3) is 3.39. The summed E-state index contributed by atoms with van der Waals surface area (Å²) >= 11 is 12.2. The van der Waals surface area contributed by atoms with Gasteiger partial charge in [0.25, 0.3) is 0 Å². The van der Waals surface area contributed by atoms with Gasteiger partial charge in [0, 0.05) is 23.1 Å². The summed E-state index contributed by atoms with van der Waals surface area (Å²) in [5.41, 5.74) is 0.745. The van der Waals surface area contributed by atoms with Crippen LogP contribution in [0.4, 0.5) is 0 Å². The average Bonchev–Trinajstić information content (AvgIpc) is 2.62. The van der Waals surface area contributed by atoms with Crippen LogP contribution in [0.3, 0.4) is 0 Å². The molecule has 1 aliphatic heterocycles. The van der Waals surface area contributed by atoms with Crippen LogP contribution in [0, 0.1) is 0 Å². The van der Waals surface area contributed by atoms with Gasteiger partial charge in [-0.05, 0) is 30.5 Å².